The quantitative estimate of drug-likeness (QED) is 0.694. The number of carbonyl (C=O) groups excluding carboxylic acids is 1. The smallest absolute Gasteiger partial charge is 0.245 e. The molecular formula is C19H19FN4O. The maximum Gasteiger partial charge on any atom is 0.245 e. The molecule has 0 aliphatic rings. The molecule has 3 aromatic rings. The highest BCUT2D eigenvalue weighted by Crippen LogP contribution is 2.29. The Bertz CT molecular complexity index is 803. The zero-order valence-electron chi connectivity index (χ0n) is 13.9. The Kier molecular flexibility index (Phi) is 5.18. The van der Waals surface area contributed by atoms with Crippen LogP contribution in [-0.2, 0) is 11.3 Å². The van der Waals surface area contributed by atoms with Gasteiger partial charge in [0.1, 0.15) is 25.0 Å². The summed E-state index contributed by atoms with van der Waals surface area (Å²) in [5, 5.41) is 4.00. The molecule has 1 aromatic heterocycles. The molecule has 0 N–H and O–H groups in total. The van der Waals surface area contributed by atoms with E-state index >= 15 is 0 Å². The van der Waals surface area contributed by atoms with E-state index in [9.17, 15) is 9.18 Å². The van der Waals surface area contributed by atoms with Crippen LogP contribution in [0.25, 0.3) is 0 Å². The van der Waals surface area contributed by atoms with E-state index in [-0.39, 0.29) is 24.3 Å². The lowest BCUT2D eigenvalue weighted by molar-refractivity contribution is -0.133. The van der Waals surface area contributed by atoms with Crippen molar-refractivity contribution in [1.29, 1.82) is 0 Å². The number of nitrogens with zero attached hydrogens (tertiary/aromatic N) is 4. The van der Waals surface area contributed by atoms with Gasteiger partial charge in [0, 0.05) is 6.54 Å². The van der Waals surface area contributed by atoms with Gasteiger partial charge in [-0.2, -0.15) is 5.10 Å². The Balaban J connectivity index is 1.96. The minimum atomic E-state index is -0.299. The number of benzene rings is 2. The molecule has 1 heterocycles. The number of amides is 1. The molecule has 0 spiro atoms. The van der Waals surface area contributed by atoms with E-state index in [1.807, 2.05) is 37.3 Å². The van der Waals surface area contributed by atoms with Crippen molar-refractivity contribution in [2.45, 2.75) is 19.5 Å². The standard InChI is InChI=1S/C19H19FN4O/c1-2-24(18(25)12-23-14-21-13-22-23)19(15-6-4-3-5-7-15)16-8-10-17(20)11-9-16/h3-11,13-14,19H,2,12H2,1H3/t19-/m0/s1. The van der Waals surface area contributed by atoms with Crippen LogP contribution in [0.5, 0.6) is 0 Å². The third-order valence-electron chi connectivity index (χ3n) is 4.04. The molecule has 0 saturated carbocycles. The molecule has 6 heteroatoms. The number of halogens is 1. The number of aromatic nitrogens is 3. The second-order valence-electron chi connectivity index (χ2n) is 5.64. The molecule has 1 atom stereocenters. The van der Waals surface area contributed by atoms with E-state index in [1.54, 1.807) is 17.0 Å². The Morgan fingerprint density at radius 1 is 1.12 bits per heavy atom. The second kappa shape index (κ2) is 7.70. The molecule has 3 rings (SSSR count). The molecule has 2 aromatic carbocycles. The molecule has 0 radical (unpaired) electrons. The first kappa shape index (κ1) is 16.8. The summed E-state index contributed by atoms with van der Waals surface area (Å²) in [7, 11) is 0. The SMILES string of the molecule is CCN(C(=O)Cn1cncn1)[C@@H](c1ccccc1)c1ccc(F)cc1. The van der Waals surface area contributed by atoms with Gasteiger partial charge in [0.05, 0.1) is 6.04 Å². The third kappa shape index (κ3) is 3.91. The summed E-state index contributed by atoms with van der Waals surface area (Å²) in [4.78, 5) is 18.5. The van der Waals surface area contributed by atoms with Crippen molar-refractivity contribution in [3.63, 3.8) is 0 Å². The van der Waals surface area contributed by atoms with Gasteiger partial charge in [0.2, 0.25) is 5.91 Å². The predicted octanol–water partition coefficient (Wildman–Crippen LogP) is 3.06. The summed E-state index contributed by atoms with van der Waals surface area (Å²) in [6.07, 6.45) is 2.92. The van der Waals surface area contributed by atoms with Crippen LogP contribution < -0.4 is 0 Å². The van der Waals surface area contributed by atoms with Gasteiger partial charge in [-0.05, 0) is 30.2 Å². The van der Waals surface area contributed by atoms with Gasteiger partial charge in [0.15, 0.2) is 0 Å². The van der Waals surface area contributed by atoms with Crippen LogP contribution in [0.4, 0.5) is 4.39 Å². The summed E-state index contributed by atoms with van der Waals surface area (Å²) >= 11 is 0. The van der Waals surface area contributed by atoms with E-state index in [0.29, 0.717) is 6.54 Å². The van der Waals surface area contributed by atoms with E-state index in [0.717, 1.165) is 11.1 Å². The van der Waals surface area contributed by atoms with Crippen molar-refractivity contribution in [2.24, 2.45) is 0 Å². The Morgan fingerprint density at radius 2 is 1.80 bits per heavy atom. The highest BCUT2D eigenvalue weighted by Gasteiger charge is 2.25. The molecule has 5 nitrogen and oxygen atoms in total. The first-order valence-electron chi connectivity index (χ1n) is 8.11. The van der Waals surface area contributed by atoms with Crippen LogP contribution >= 0.6 is 0 Å². The molecule has 0 aliphatic heterocycles. The lowest BCUT2D eigenvalue weighted by Crippen LogP contribution is -2.37. The van der Waals surface area contributed by atoms with E-state index in [2.05, 4.69) is 10.1 Å². The first-order chi connectivity index (χ1) is 12.2. The average Bonchev–Trinajstić information content (AvgIpc) is 3.14. The third-order valence-corrected chi connectivity index (χ3v) is 4.04. The van der Waals surface area contributed by atoms with E-state index in [4.69, 9.17) is 0 Å². The number of likely N-dealkylation sites (N-methyl/N-ethyl adjacent to an activating group) is 1. The lowest BCUT2D eigenvalue weighted by atomic mass is 9.97. The van der Waals surface area contributed by atoms with Crippen molar-refractivity contribution in [3.05, 3.63) is 84.2 Å². The fourth-order valence-corrected chi connectivity index (χ4v) is 2.88. The zero-order chi connectivity index (χ0) is 17.6. The van der Waals surface area contributed by atoms with Crippen LogP contribution in [0.3, 0.4) is 0 Å². The summed E-state index contributed by atoms with van der Waals surface area (Å²) in [5.74, 6) is -0.376. The highest BCUT2D eigenvalue weighted by atomic mass is 19.1. The molecule has 0 unspecified atom stereocenters. The fraction of sp³-hybridized carbons (Fsp3) is 0.211. The molecular weight excluding hydrogens is 319 g/mol. The topological polar surface area (TPSA) is 51.0 Å². The van der Waals surface area contributed by atoms with Gasteiger partial charge < -0.3 is 4.90 Å². The van der Waals surface area contributed by atoms with Crippen molar-refractivity contribution in [3.8, 4) is 0 Å². The van der Waals surface area contributed by atoms with E-state index in [1.165, 1.54) is 29.5 Å². The number of hydrogen-bond donors (Lipinski definition) is 0. The Hall–Kier alpha value is -3.02. The average molecular weight is 338 g/mol. The van der Waals surface area contributed by atoms with Crippen LogP contribution in [0, 0.1) is 5.82 Å². The monoisotopic (exact) mass is 338 g/mol. The van der Waals surface area contributed by atoms with Crippen LogP contribution in [0.15, 0.2) is 67.3 Å². The second-order valence-corrected chi connectivity index (χ2v) is 5.64. The van der Waals surface area contributed by atoms with Crippen molar-refractivity contribution >= 4 is 5.91 Å². The molecule has 25 heavy (non-hydrogen) atoms. The maximum atomic E-state index is 13.3. The van der Waals surface area contributed by atoms with Crippen LogP contribution in [0.1, 0.15) is 24.1 Å². The largest absolute Gasteiger partial charge is 0.330 e. The Morgan fingerprint density at radius 3 is 2.40 bits per heavy atom. The van der Waals surface area contributed by atoms with Gasteiger partial charge in [0.25, 0.3) is 0 Å². The van der Waals surface area contributed by atoms with Gasteiger partial charge in [-0.25, -0.2) is 14.1 Å². The predicted molar refractivity (Wildman–Crippen MR) is 92.1 cm³/mol. The summed E-state index contributed by atoms with van der Waals surface area (Å²) in [6.45, 7) is 2.56. The van der Waals surface area contributed by atoms with Gasteiger partial charge in [-0.1, -0.05) is 42.5 Å². The number of carbonyl (C=O) groups is 1. The van der Waals surface area contributed by atoms with Crippen molar-refractivity contribution in [1.82, 2.24) is 19.7 Å². The fourth-order valence-electron chi connectivity index (χ4n) is 2.88. The molecule has 0 bridgehead atoms. The molecule has 0 fully saturated rings. The minimum Gasteiger partial charge on any atom is -0.330 e. The zero-order valence-corrected chi connectivity index (χ0v) is 13.9. The number of rotatable bonds is 6. The number of hydrogen-bond acceptors (Lipinski definition) is 3. The van der Waals surface area contributed by atoms with Crippen LogP contribution in [0.2, 0.25) is 0 Å². The molecule has 0 aliphatic carbocycles. The minimum absolute atomic E-state index is 0.0776. The van der Waals surface area contributed by atoms with Crippen LogP contribution in [-0.4, -0.2) is 32.1 Å². The Labute approximate surface area is 145 Å². The molecule has 128 valence electrons. The van der Waals surface area contributed by atoms with Gasteiger partial charge in [-0.15, -0.1) is 0 Å². The first-order valence-corrected chi connectivity index (χ1v) is 8.11. The maximum absolute atomic E-state index is 13.3. The summed E-state index contributed by atoms with van der Waals surface area (Å²) in [5.41, 5.74) is 1.84. The highest BCUT2D eigenvalue weighted by molar-refractivity contribution is 5.77. The van der Waals surface area contributed by atoms with Crippen molar-refractivity contribution in [2.75, 3.05) is 6.54 Å². The van der Waals surface area contributed by atoms with Crippen molar-refractivity contribution < 1.29 is 9.18 Å². The van der Waals surface area contributed by atoms with Gasteiger partial charge >= 0.3 is 0 Å². The normalized spacial score (nSPS) is 11.9. The lowest BCUT2D eigenvalue weighted by Gasteiger charge is -2.32. The molecule has 1 amide bonds. The summed E-state index contributed by atoms with van der Waals surface area (Å²) in [6, 6.07) is 15.7. The van der Waals surface area contributed by atoms with Gasteiger partial charge in [-0.3, -0.25) is 4.79 Å². The van der Waals surface area contributed by atoms with E-state index < -0.39 is 0 Å². The summed E-state index contributed by atoms with van der Waals surface area (Å²) < 4.78 is 14.8. The molecule has 0 saturated heterocycles.